The molecule has 1 fully saturated rings. The van der Waals surface area contributed by atoms with Gasteiger partial charge in [0.1, 0.15) is 17.3 Å². The molecule has 1 aliphatic heterocycles. The van der Waals surface area contributed by atoms with E-state index in [0.717, 1.165) is 17.0 Å². The second-order valence-corrected chi connectivity index (χ2v) is 4.41. The molecule has 3 N–H and O–H groups in total. The lowest BCUT2D eigenvalue weighted by Crippen LogP contribution is -2.30. The molecule has 104 valence electrons. The van der Waals surface area contributed by atoms with Crippen molar-refractivity contribution in [3.63, 3.8) is 0 Å². The van der Waals surface area contributed by atoms with Gasteiger partial charge in [-0.2, -0.15) is 0 Å². The Balaban J connectivity index is 2.25. The summed E-state index contributed by atoms with van der Waals surface area (Å²) in [5.74, 6) is -2.37. The first kappa shape index (κ1) is 13.7. The molecule has 1 aliphatic rings. The van der Waals surface area contributed by atoms with Crippen LogP contribution in [0.25, 0.3) is 0 Å². The summed E-state index contributed by atoms with van der Waals surface area (Å²) in [4.78, 5) is 13.1. The molecule has 2 unspecified atom stereocenters. The van der Waals surface area contributed by atoms with Gasteiger partial charge in [0.15, 0.2) is 0 Å². The Kier molecular flexibility index (Phi) is 3.68. The lowest BCUT2D eigenvalue weighted by molar-refractivity contribution is 0.0572. The number of carbonyl (C=O) groups is 1. The van der Waals surface area contributed by atoms with E-state index in [9.17, 15) is 23.8 Å². The summed E-state index contributed by atoms with van der Waals surface area (Å²) < 4.78 is 27.1. The second-order valence-electron chi connectivity index (χ2n) is 4.41. The SMILES string of the molecule is CNc1c(F)cc(C(=O)N2CC(O)C(O)C2)cc1F. The first-order valence-electron chi connectivity index (χ1n) is 5.76. The van der Waals surface area contributed by atoms with E-state index < -0.39 is 29.7 Å². The molecule has 0 spiro atoms. The second kappa shape index (κ2) is 5.10. The molecular weight excluding hydrogens is 258 g/mol. The number of amides is 1. The van der Waals surface area contributed by atoms with Crippen LogP contribution in [-0.4, -0.2) is 53.4 Å². The highest BCUT2D eigenvalue weighted by Gasteiger charge is 2.33. The number of likely N-dealkylation sites (tertiary alicyclic amines) is 1. The fourth-order valence-corrected chi connectivity index (χ4v) is 2.05. The van der Waals surface area contributed by atoms with Crippen LogP contribution in [0.15, 0.2) is 12.1 Å². The van der Waals surface area contributed by atoms with Crippen LogP contribution >= 0.6 is 0 Å². The van der Waals surface area contributed by atoms with Crippen molar-refractivity contribution in [2.75, 3.05) is 25.5 Å². The minimum atomic E-state index is -1.03. The Hall–Kier alpha value is -1.73. The van der Waals surface area contributed by atoms with Gasteiger partial charge in [-0.05, 0) is 12.1 Å². The smallest absolute Gasteiger partial charge is 0.254 e. The number of carbonyl (C=O) groups excluding carboxylic acids is 1. The van der Waals surface area contributed by atoms with Crippen molar-refractivity contribution in [1.82, 2.24) is 4.90 Å². The highest BCUT2D eigenvalue weighted by molar-refractivity contribution is 5.95. The van der Waals surface area contributed by atoms with E-state index in [2.05, 4.69) is 5.32 Å². The van der Waals surface area contributed by atoms with E-state index in [0.29, 0.717) is 0 Å². The normalized spacial score (nSPS) is 22.7. The van der Waals surface area contributed by atoms with E-state index in [1.165, 1.54) is 7.05 Å². The molecule has 0 aromatic heterocycles. The molecule has 0 bridgehead atoms. The molecule has 7 heteroatoms. The third-order valence-electron chi connectivity index (χ3n) is 3.09. The molecular formula is C12H14F2N2O3. The zero-order valence-corrected chi connectivity index (χ0v) is 10.2. The summed E-state index contributed by atoms with van der Waals surface area (Å²) in [5, 5.41) is 21.1. The maximum absolute atomic E-state index is 13.5. The van der Waals surface area contributed by atoms with Crippen LogP contribution < -0.4 is 5.32 Å². The summed E-state index contributed by atoms with van der Waals surface area (Å²) in [6.45, 7) is -0.117. The molecule has 1 aromatic carbocycles. The van der Waals surface area contributed by atoms with Crippen LogP contribution in [0.4, 0.5) is 14.5 Å². The highest BCUT2D eigenvalue weighted by atomic mass is 19.1. The van der Waals surface area contributed by atoms with Crippen molar-refractivity contribution >= 4 is 11.6 Å². The summed E-state index contributed by atoms with van der Waals surface area (Å²) in [7, 11) is 1.37. The van der Waals surface area contributed by atoms with Gasteiger partial charge in [-0.25, -0.2) is 8.78 Å². The quantitative estimate of drug-likeness (QED) is 0.718. The number of aliphatic hydroxyl groups is 2. The molecule has 19 heavy (non-hydrogen) atoms. The number of β-amino-alcohol motifs (C(OH)–C–C–N with tert-alkyl or cyclic N) is 2. The zero-order chi connectivity index (χ0) is 14.2. The van der Waals surface area contributed by atoms with Gasteiger partial charge in [0, 0.05) is 25.7 Å². The number of rotatable bonds is 2. The van der Waals surface area contributed by atoms with Crippen molar-refractivity contribution in [1.29, 1.82) is 0 Å². The Morgan fingerprint density at radius 2 is 1.74 bits per heavy atom. The fraction of sp³-hybridized carbons (Fsp3) is 0.417. The van der Waals surface area contributed by atoms with Gasteiger partial charge in [0.2, 0.25) is 0 Å². The van der Waals surface area contributed by atoms with Gasteiger partial charge in [-0.3, -0.25) is 4.79 Å². The van der Waals surface area contributed by atoms with Gasteiger partial charge in [0.05, 0.1) is 12.2 Å². The molecule has 1 amide bonds. The molecule has 0 aliphatic carbocycles. The third kappa shape index (κ3) is 2.52. The van der Waals surface area contributed by atoms with Crippen LogP contribution in [0.1, 0.15) is 10.4 Å². The van der Waals surface area contributed by atoms with Gasteiger partial charge in [-0.15, -0.1) is 0 Å². The first-order chi connectivity index (χ1) is 8.93. The average Bonchev–Trinajstić information content (AvgIpc) is 2.68. The lowest BCUT2D eigenvalue weighted by Gasteiger charge is -2.16. The first-order valence-corrected chi connectivity index (χ1v) is 5.76. The minimum absolute atomic E-state index is 0.0585. The minimum Gasteiger partial charge on any atom is -0.388 e. The Morgan fingerprint density at radius 1 is 1.26 bits per heavy atom. The molecule has 5 nitrogen and oxygen atoms in total. The fourth-order valence-electron chi connectivity index (χ4n) is 2.05. The predicted octanol–water partition coefficient (Wildman–Crippen LogP) is 0.184. The van der Waals surface area contributed by atoms with Crippen LogP contribution in [-0.2, 0) is 0 Å². The zero-order valence-electron chi connectivity index (χ0n) is 10.2. The van der Waals surface area contributed by atoms with Crippen molar-refractivity contribution in [2.45, 2.75) is 12.2 Å². The van der Waals surface area contributed by atoms with E-state index >= 15 is 0 Å². The molecule has 1 saturated heterocycles. The maximum Gasteiger partial charge on any atom is 0.254 e. The van der Waals surface area contributed by atoms with Crippen LogP contribution in [0.5, 0.6) is 0 Å². The molecule has 1 heterocycles. The van der Waals surface area contributed by atoms with Crippen molar-refractivity contribution in [3.05, 3.63) is 29.3 Å². The van der Waals surface area contributed by atoms with E-state index in [1.54, 1.807) is 0 Å². The van der Waals surface area contributed by atoms with Crippen molar-refractivity contribution in [3.8, 4) is 0 Å². The monoisotopic (exact) mass is 272 g/mol. The summed E-state index contributed by atoms with van der Waals surface area (Å²) >= 11 is 0. The number of nitrogens with one attached hydrogen (secondary N) is 1. The molecule has 2 atom stereocenters. The largest absolute Gasteiger partial charge is 0.388 e. The van der Waals surface area contributed by atoms with Crippen molar-refractivity contribution in [2.24, 2.45) is 0 Å². The summed E-state index contributed by atoms with van der Waals surface area (Å²) in [5.41, 5.74) is -0.464. The topological polar surface area (TPSA) is 72.8 Å². The van der Waals surface area contributed by atoms with Crippen LogP contribution in [0.2, 0.25) is 0 Å². The molecule has 0 saturated carbocycles. The third-order valence-corrected chi connectivity index (χ3v) is 3.09. The number of hydrogen-bond acceptors (Lipinski definition) is 4. The van der Waals surface area contributed by atoms with Gasteiger partial charge < -0.3 is 20.4 Å². The van der Waals surface area contributed by atoms with E-state index in [4.69, 9.17) is 0 Å². The molecule has 0 radical (unpaired) electrons. The highest BCUT2D eigenvalue weighted by Crippen LogP contribution is 2.22. The number of halogens is 2. The van der Waals surface area contributed by atoms with Crippen molar-refractivity contribution < 1.29 is 23.8 Å². The number of hydrogen-bond donors (Lipinski definition) is 3. The van der Waals surface area contributed by atoms with Crippen LogP contribution in [0.3, 0.4) is 0 Å². The van der Waals surface area contributed by atoms with Crippen LogP contribution in [0, 0.1) is 11.6 Å². The molecule has 2 rings (SSSR count). The Morgan fingerprint density at radius 3 is 2.16 bits per heavy atom. The number of nitrogens with zero attached hydrogens (tertiary/aromatic N) is 1. The van der Waals surface area contributed by atoms with E-state index in [1.807, 2.05) is 0 Å². The average molecular weight is 272 g/mol. The number of benzene rings is 1. The Labute approximate surface area is 108 Å². The standard InChI is InChI=1S/C12H14F2N2O3/c1-15-11-7(13)2-6(3-8(11)14)12(19)16-4-9(17)10(18)5-16/h2-3,9-10,15,17-18H,4-5H2,1H3. The van der Waals surface area contributed by atoms with Gasteiger partial charge in [-0.1, -0.05) is 0 Å². The summed E-state index contributed by atoms with van der Waals surface area (Å²) in [6, 6.07) is 1.85. The Bertz CT molecular complexity index is 477. The predicted molar refractivity (Wildman–Crippen MR) is 63.8 cm³/mol. The van der Waals surface area contributed by atoms with Gasteiger partial charge >= 0.3 is 0 Å². The summed E-state index contributed by atoms with van der Waals surface area (Å²) in [6.07, 6.45) is -2.06. The molecule has 1 aromatic rings. The number of aliphatic hydroxyl groups excluding tert-OH is 2. The lowest BCUT2D eigenvalue weighted by atomic mass is 10.1. The van der Waals surface area contributed by atoms with E-state index in [-0.39, 0.29) is 24.3 Å². The van der Waals surface area contributed by atoms with Gasteiger partial charge in [0.25, 0.3) is 5.91 Å². The maximum atomic E-state index is 13.5. The number of anilines is 1.